The van der Waals surface area contributed by atoms with E-state index in [2.05, 4.69) is 40.3 Å². The van der Waals surface area contributed by atoms with Crippen LogP contribution >= 0.6 is 0 Å². The Labute approximate surface area is 244 Å². The molecule has 0 radical (unpaired) electrons. The molecule has 1 aromatic carbocycles. The Balaban J connectivity index is 0.961. The number of piperidine rings is 1. The molecule has 11 heteroatoms. The van der Waals surface area contributed by atoms with Gasteiger partial charge in [0.05, 0.1) is 11.7 Å². The van der Waals surface area contributed by atoms with Crippen molar-refractivity contribution in [3.05, 3.63) is 48.6 Å². The number of hydrogen-bond donors (Lipinski definition) is 1. The van der Waals surface area contributed by atoms with Crippen LogP contribution in [-0.4, -0.2) is 74.7 Å². The second-order valence-corrected chi connectivity index (χ2v) is 12.8. The normalized spacial score (nSPS) is 26.3. The van der Waals surface area contributed by atoms with Crippen molar-refractivity contribution >= 4 is 11.7 Å². The summed E-state index contributed by atoms with van der Waals surface area (Å²) in [7, 11) is 0. The van der Waals surface area contributed by atoms with E-state index in [0.29, 0.717) is 40.8 Å². The molecule has 3 aromatic rings. The fraction of sp³-hybridized carbons (Fsp3) is 0.548. The van der Waals surface area contributed by atoms with Crippen LogP contribution in [0.4, 0.5) is 10.2 Å². The summed E-state index contributed by atoms with van der Waals surface area (Å²) < 4.78 is 20.8. The van der Waals surface area contributed by atoms with Gasteiger partial charge in [-0.05, 0) is 75.1 Å². The minimum Gasteiger partial charge on any atom is -0.434 e. The summed E-state index contributed by atoms with van der Waals surface area (Å²) in [5.74, 6) is 2.88. The average molecular weight is 571 g/mol. The number of amides is 1. The van der Waals surface area contributed by atoms with Crippen LogP contribution in [0.15, 0.2) is 37.1 Å². The third-order valence-corrected chi connectivity index (χ3v) is 10.2. The Morgan fingerprint density at radius 2 is 1.90 bits per heavy atom. The van der Waals surface area contributed by atoms with E-state index in [1.54, 1.807) is 12.3 Å². The van der Waals surface area contributed by atoms with Crippen molar-refractivity contribution in [1.29, 1.82) is 0 Å². The van der Waals surface area contributed by atoms with Crippen molar-refractivity contribution in [3.63, 3.8) is 0 Å². The molecule has 5 aliphatic rings. The Morgan fingerprint density at radius 3 is 2.74 bits per heavy atom. The number of nitrogens with zero attached hydrogens (tertiary/aromatic N) is 7. The number of anilines is 1. The van der Waals surface area contributed by atoms with Crippen LogP contribution in [0.5, 0.6) is 11.6 Å². The van der Waals surface area contributed by atoms with Crippen LogP contribution < -0.4 is 15.0 Å². The van der Waals surface area contributed by atoms with Gasteiger partial charge in [0.25, 0.3) is 5.88 Å². The third-order valence-electron chi connectivity index (χ3n) is 10.2. The highest BCUT2D eigenvalue weighted by atomic mass is 19.1. The lowest BCUT2D eigenvalue weighted by Crippen LogP contribution is -2.62. The van der Waals surface area contributed by atoms with Gasteiger partial charge in [0, 0.05) is 54.8 Å². The molecule has 2 saturated carbocycles. The van der Waals surface area contributed by atoms with Crippen molar-refractivity contribution in [2.24, 2.45) is 17.3 Å². The minimum absolute atomic E-state index is 0.00962. The van der Waals surface area contributed by atoms with Gasteiger partial charge in [-0.25, -0.2) is 19.3 Å². The molecule has 218 valence electrons. The Hall–Kier alpha value is -3.73. The number of fused-ring (bicyclic) bond motifs is 1. The van der Waals surface area contributed by atoms with Crippen LogP contribution in [0.2, 0.25) is 0 Å². The lowest BCUT2D eigenvalue weighted by atomic mass is 9.72. The van der Waals surface area contributed by atoms with Crippen molar-refractivity contribution in [3.8, 4) is 22.8 Å². The van der Waals surface area contributed by atoms with E-state index in [1.165, 1.54) is 44.0 Å². The van der Waals surface area contributed by atoms with Crippen molar-refractivity contribution in [1.82, 2.24) is 35.4 Å². The molecule has 8 rings (SSSR count). The number of nitrogens with one attached hydrogen (secondary N) is 1. The lowest BCUT2D eigenvalue weighted by molar-refractivity contribution is -0.136. The molecular formula is C31H35FN8O2. The van der Waals surface area contributed by atoms with Gasteiger partial charge in [-0.1, -0.05) is 6.42 Å². The predicted octanol–water partition coefficient (Wildman–Crippen LogP) is 3.95. The minimum atomic E-state index is -0.360. The fourth-order valence-electron chi connectivity index (χ4n) is 7.76. The number of carbonyl (C=O) groups excluding carboxylic acids is 1. The molecule has 5 fully saturated rings. The summed E-state index contributed by atoms with van der Waals surface area (Å²) in [6.45, 7) is 4.24. The SMILES string of the molecule is O=C([C@@H]1NC[C@@H]2CCC[C@@H]21)N1CCC2(CC1)CN(c1ncnnc1Oc1ccc(F)cc1-c1cncnc1C1CC1)C2. The molecule has 3 saturated heterocycles. The number of ether oxygens (including phenoxy) is 1. The highest BCUT2D eigenvalue weighted by Gasteiger charge is 2.49. The number of benzene rings is 1. The zero-order valence-electron chi connectivity index (χ0n) is 23.6. The molecule has 3 atom stereocenters. The van der Waals surface area contributed by atoms with Gasteiger partial charge in [-0.3, -0.25) is 4.79 Å². The van der Waals surface area contributed by atoms with Gasteiger partial charge in [0.2, 0.25) is 5.91 Å². The van der Waals surface area contributed by atoms with Gasteiger partial charge in [-0.15, -0.1) is 10.2 Å². The highest BCUT2D eigenvalue weighted by Crippen LogP contribution is 2.47. The van der Waals surface area contributed by atoms with E-state index < -0.39 is 0 Å². The zero-order chi connectivity index (χ0) is 28.3. The van der Waals surface area contributed by atoms with Crippen LogP contribution in [0.1, 0.15) is 56.6 Å². The van der Waals surface area contributed by atoms with E-state index in [9.17, 15) is 9.18 Å². The molecule has 5 heterocycles. The van der Waals surface area contributed by atoms with E-state index in [-0.39, 0.29) is 23.2 Å². The van der Waals surface area contributed by atoms with Crippen molar-refractivity contribution in [2.75, 3.05) is 37.6 Å². The van der Waals surface area contributed by atoms with Crippen LogP contribution in [-0.2, 0) is 4.79 Å². The average Bonchev–Trinajstić information content (AvgIpc) is 3.61. The Morgan fingerprint density at radius 1 is 1.05 bits per heavy atom. The first-order chi connectivity index (χ1) is 20.6. The quantitative estimate of drug-likeness (QED) is 0.471. The Kier molecular flexibility index (Phi) is 6.31. The van der Waals surface area contributed by atoms with E-state index in [0.717, 1.165) is 69.7 Å². The topological polar surface area (TPSA) is 109 Å². The van der Waals surface area contributed by atoms with E-state index in [4.69, 9.17) is 4.74 Å². The van der Waals surface area contributed by atoms with Crippen molar-refractivity contribution < 1.29 is 13.9 Å². The second kappa shape index (κ2) is 10.2. The lowest BCUT2D eigenvalue weighted by Gasteiger charge is -2.54. The maximum Gasteiger partial charge on any atom is 0.282 e. The van der Waals surface area contributed by atoms with Crippen LogP contribution in [0.3, 0.4) is 0 Å². The molecular weight excluding hydrogens is 535 g/mol. The molecule has 2 aliphatic carbocycles. The molecule has 0 unspecified atom stereocenters. The first-order valence-corrected chi connectivity index (χ1v) is 15.3. The second-order valence-electron chi connectivity index (χ2n) is 12.8. The van der Waals surface area contributed by atoms with Gasteiger partial charge >= 0.3 is 0 Å². The largest absolute Gasteiger partial charge is 0.434 e. The number of halogens is 1. The first kappa shape index (κ1) is 25.9. The molecule has 0 bridgehead atoms. The van der Waals surface area contributed by atoms with Gasteiger partial charge in [0.15, 0.2) is 5.82 Å². The number of carbonyl (C=O) groups is 1. The molecule has 3 aliphatic heterocycles. The van der Waals surface area contributed by atoms with E-state index >= 15 is 0 Å². The monoisotopic (exact) mass is 570 g/mol. The van der Waals surface area contributed by atoms with Gasteiger partial charge in [-0.2, -0.15) is 0 Å². The summed E-state index contributed by atoms with van der Waals surface area (Å²) in [4.78, 5) is 30.9. The standard InChI is InChI=1S/C31H35FN8O2/c32-21-6-7-25(23(12-21)24-14-33-17-35-26(24)19-4-5-19)42-29-28(36-18-37-38-29)40-15-31(16-40)8-10-39(11-9-31)30(41)27-22-3-1-2-20(22)13-34-27/h6-7,12,14,17-20,22,27,34H,1-5,8-11,13,15-16H2/t20-,22-,27+/m0/s1. The smallest absolute Gasteiger partial charge is 0.282 e. The predicted molar refractivity (Wildman–Crippen MR) is 152 cm³/mol. The summed E-state index contributed by atoms with van der Waals surface area (Å²) in [5, 5.41) is 11.8. The number of likely N-dealkylation sites (tertiary alicyclic amines) is 1. The molecule has 1 spiro atoms. The molecule has 1 N–H and O–H groups in total. The maximum absolute atomic E-state index is 14.4. The molecule has 42 heavy (non-hydrogen) atoms. The van der Waals surface area contributed by atoms with Gasteiger partial charge < -0.3 is 19.9 Å². The summed E-state index contributed by atoms with van der Waals surface area (Å²) in [6, 6.07) is 4.47. The van der Waals surface area contributed by atoms with Gasteiger partial charge in [0.1, 0.15) is 24.2 Å². The number of hydrogen-bond acceptors (Lipinski definition) is 9. The Bertz CT molecular complexity index is 1500. The van der Waals surface area contributed by atoms with Crippen molar-refractivity contribution in [2.45, 2.75) is 56.9 Å². The number of rotatable bonds is 6. The zero-order valence-corrected chi connectivity index (χ0v) is 23.6. The number of aromatic nitrogens is 5. The first-order valence-electron chi connectivity index (χ1n) is 15.3. The van der Waals surface area contributed by atoms with E-state index in [1.807, 2.05) is 0 Å². The fourth-order valence-corrected chi connectivity index (χ4v) is 7.76. The van der Waals surface area contributed by atoms with Crippen LogP contribution in [0.25, 0.3) is 11.1 Å². The highest BCUT2D eigenvalue weighted by molar-refractivity contribution is 5.83. The van der Waals surface area contributed by atoms with Crippen LogP contribution in [0, 0.1) is 23.1 Å². The molecule has 2 aromatic heterocycles. The third kappa shape index (κ3) is 4.58. The summed E-state index contributed by atoms with van der Waals surface area (Å²) in [6.07, 6.45) is 12.5. The summed E-state index contributed by atoms with van der Waals surface area (Å²) in [5.41, 5.74) is 2.43. The summed E-state index contributed by atoms with van der Waals surface area (Å²) >= 11 is 0. The molecule has 10 nitrogen and oxygen atoms in total. The maximum atomic E-state index is 14.4. The molecule has 1 amide bonds.